The number of rotatable bonds is 16. The predicted molar refractivity (Wildman–Crippen MR) is 115 cm³/mol. The van der Waals surface area contributed by atoms with E-state index in [1.807, 2.05) is 25.7 Å². The predicted octanol–water partition coefficient (Wildman–Crippen LogP) is 2.70. The molecule has 0 amide bonds. The molecule has 0 aliphatic carbocycles. The monoisotopic (exact) mass is 427 g/mol. The Hall–Kier alpha value is -1.87. The minimum atomic E-state index is -0.526. The number of hydrogen-bond donors (Lipinski definition) is 0. The summed E-state index contributed by atoms with van der Waals surface area (Å²) in [7, 11) is 4.67. The molecule has 0 bridgehead atoms. The summed E-state index contributed by atoms with van der Waals surface area (Å²) in [6.45, 7) is 9.62. The summed E-state index contributed by atoms with van der Waals surface area (Å²) in [5.74, 6) is 0.759. The molecule has 0 spiro atoms. The van der Waals surface area contributed by atoms with Crippen LogP contribution in [0.2, 0.25) is 0 Å². The van der Waals surface area contributed by atoms with E-state index >= 15 is 0 Å². The number of ether oxygens (including phenoxy) is 6. The lowest BCUT2D eigenvalue weighted by Crippen LogP contribution is -2.47. The van der Waals surface area contributed by atoms with Gasteiger partial charge in [-0.25, -0.2) is 4.79 Å². The summed E-state index contributed by atoms with van der Waals surface area (Å²) in [4.78, 5) is 15.2. The molecule has 1 unspecified atom stereocenters. The molecule has 1 atom stereocenters. The molecule has 8 nitrogen and oxygen atoms in total. The fourth-order valence-electron chi connectivity index (χ4n) is 3.03. The van der Waals surface area contributed by atoms with E-state index in [4.69, 9.17) is 28.4 Å². The van der Waals surface area contributed by atoms with Crippen molar-refractivity contribution in [1.82, 2.24) is 4.90 Å². The Labute approximate surface area is 180 Å². The van der Waals surface area contributed by atoms with Crippen LogP contribution in [0.15, 0.2) is 12.1 Å². The lowest BCUT2D eigenvalue weighted by molar-refractivity contribution is -0.142. The Morgan fingerprint density at radius 3 is 1.90 bits per heavy atom. The maximum atomic E-state index is 13.2. The van der Waals surface area contributed by atoms with Crippen LogP contribution in [0.3, 0.4) is 0 Å². The van der Waals surface area contributed by atoms with Gasteiger partial charge in [-0.2, -0.15) is 0 Å². The summed E-state index contributed by atoms with van der Waals surface area (Å²) in [5.41, 5.74) is 0.939. The fraction of sp³-hybridized carbons (Fsp3) is 0.682. The molecule has 1 aromatic rings. The highest BCUT2D eigenvalue weighted by Crippen LogP contribution is 2.38. The number of benzene rings is 1. The summed E-state index contributed by atoms with van der Waals surface area (Å²) in [6.07, 6.45) is 0.476. The maximum absolute atomic E-state index is 13.2. The molecule has 0 aliphatic rings. The Morgan fingerprint density at radius 1 is 0.933 bits per heavy atom. The van der Waals surface area contributed by atoms with Gasteiger partial charge in [0.2, 0.25) is 5.75 Å². The van der Waals surface area contributed by atoms with Crippen LogP contribution in [0, 0.1) is 6.92 Å². The Morgan fingerprint density at radius 2 is 1.47 bits per heavy atom. The number of carbonyl (C=O) groups excluding carboxylic acids is 1. The van der Waals surface area contributed by atoms with Crippen LogP contribution in [0.25, 0.3) is 0 Å². The standard InChI is InChI=1S/C22H37NO7/c1-7-28-13-10-23(11-14-29-8-2)18(9-12-25-4)22(24)30-21-19(26-5)15-17(3)16-20(21)27-6/h15-16,18H,7-14H2,1-6H3. The van der Waals surface area contributed by atoms with Crippen LogP contribution < -0.4 is 14.2 Å². The first-order valence-corrected chi connectivity index (χ1v) is 10.3. The Bertz CT molecular complexity index is 588. The first-order chi connectivity index (χ1) is 14.5. The fourth-order valence-corrected chi connectivity index (χ4v) is 3.03. The first-order valence-electron chi connectivity index (χ1n) is 10.3. The molecule has 30 heavy (non-hydrogen) atoms. The van der Waals surface area contributed by atoms with Gasteiger partial charge in [0.25, 0.3) is 0 Å². The maximum Gasteiger partial charge on any atom is 0.329 e. The molecule has 0 saturated carbocycles. The zero-order chi connectivity index (χ0) is 22.4. The molecule has 1 aromatic carbocycles. The second kappa shape index (κ2) is 15.0. The highest BCUT2D eigenvalue weighted by atomic mass is 16.6. The van der Waals surface area contributed by atoms with Crippen molar-refractivity contribution in [2.24, 2.45) is 0 Å². The van der Waals surface area contributed by atoms with Gasteiger partial charge < -0.3 is 28.4 Å². The third kappa shape index (κ3) is 8.47. The molecular weight excluding hydrogens is 390 g/mol. The molecule has 0 radical (unpaired) electrons. The lowest BCUT2D eigenvalue weighted by atomic mass is 10.1. The van der Waals surface area contributed by atoms with E-state index in [2.05, 4.69) is 0 Å². The van der Waals surface area contributed by atoms with Gasteiger partial charge in [-0.3, -0.25) is 4.90 Å². The summed E-state index contributed by atoms with van der Waals surface area (Å²) in [5, 5.41) is 0. The molecule has 0 aromatic heterocycles. The van der Waals surface area contributed by atoms with Crippen molar-refractivity contribution in [1.29, 1.82) is 0 Å². The van der Waals surface area contributed by atoms with Crippen molar-refractivity contribution in [3.05, 3.63) is 17.7 Å². The number of methoxy groups -OCH3 is 3. The largest absolute Gasteiger partial charge is 0.493 e. The van der Waals surface area contributed by atoms with E-state index < -0.39 is 12.0 Å². The number of carbonyl (C=O) groups is 1. The van der Waals surface area contributed by atoms with E-state index in [1.165, 1.54) is 14.2 Å². The molecule has 172 valence electrons. The van der Waals surface area contributed by atoms with Gasteiger partial charge in [-0.05, 0) is 44.9 Å². The van der Waals surface area contributed by atoms with Crippen LogP contribution in [-0.2, 0) is 19.0 Å². The quantitative estimate of drug-likeness (QED) is 0.226. The third-order valence-corrected chi connectivity index (χ3v) is 4.57. The average molecular weight is 428 g/mol. The van der Waals surface area contributed by atoms with Gasteiger partial charge in [0.1, 0.15) is 6.04 Å². The van der Waals surface area contributed by atoms with E-state index in [0.29, 0.717) is 64.0 Å². The second-order valence-corrected chi connectivity index (χ2v) is 6.65. The molecular formula is C22H37NO7. The number of esters is 1. The van der Waals surface area contributed by atoms with Crippen molar-refractivity contribution in [3.8, 4) is 17.2 Å². The number of nitrogens with zero attached hydrogens (tertiary/aromatic N) is 1. The zero-order valence-electron chi connectivity index (χ0n) is 19.2. The van der Waals surface area contributed by atoms with Crippen LogP contribution in [0.5, 0.6) is 17.2 Å². The second-order valence-electron chi connectivity index (χ2n) is 6.65. The topological polar surface area (TPSA) is 75.7 Å². The van der Waals surface area contributed by atoms with Crippen molar-refractivity contribution >= 4 is 5.97 Å². The normalized spacial score (nSPS) is 12.1. The van der Waals surface area contributed by atoms with Crippen molar-refractivity contribution in [2.75, 3.05) is 67.5 Å². The van der Waals surface area contributed by atoms with Gasteiger partial charge in [0, 0.05) is 40.0 Å². The van der Waals surface area contributed by atoms with Crippen LogP contribution >= 0.6 is 0 Å². The van der Waals surface area contributed by atoms with Gasteiger partial charge >= 0.3 is 5.97 Å². The molecule has 0 aliphatic heterocycles. The molecule has 0 saturated heterocycles. The van der Waals surface area contributed by atoms with Gasteiger partial charge in [-0.15, -0.1) is 0 Å². The van der Waals surface area contributed by atoms with Gasteiger partial charge in [0.05, 0.1) is 27.4 Å². The van der Waals surface area contributed by atoms with Crippen LogP contribution in [0.1, 0.15) is 25.8 Å². The SMILES string of the molecule is CCOCCN(CCOCC)C(CCOC)C(=O)Oc1c(OC)cc(C)cc1OC. The van der Waals surface area contributed by atoms with Crippen LogP contribution in [0.4, 0.5) is 0 Å². The van der Waals surface area contributed by atoms with E-state index in [-0.39, 0.29) is 5.75 Å². The van der Waals surface area contributed by atoms with Crippen LogP contribution in [-0.4, -0.2) is 84.4 Å². The average Bonchev–Trinajstić information content (AvgIpc) is 2.74. The summed E-state index contributed by atoms with van der Waals surface area (Å²) < 4.78 is 32.9. The lowest BCUT2D eigenvalue weighted by Gasteiger charge is -2.30. The summed E-state index contributed by atoms with van der Waals surface area (Å²) >= 11 is 0. The summed E-state index contributed by atoms with van der Waals surface area (Å²) in [6, 6.07) is 3.08. The zero-order valence-corrected chi connectivity index (χ0v) is 19.2. The number of aryl methyl sites for hydroxylation is 1. The van der Waals surface area contributed by atoms with E-state index in [0.717, 1.165) is 5.56 Å². The minimum Gasteiger partial charge on any atom is -0.493 e. The highest BCUT2D eigenvalue weighted by molar-refractivity contribution is 5.80. The molecule has 0 fully saturated rings. The molecule has 0 N–H and O–H groups in total. The smallest absolute Gasteiger partial charge is 0.329 e. The third-order valence-electron chi connectivity index (χ3n) is 4.57. The van der Waals surface area contributed by atoms with E-state index in [9.17, 15) is 4.79 Å². The minimum absolute atomic E-state index is 0.271. The van der Waals surface area contributed by atoms with Crippen molar-refractivity contribution < 1.29 is 33.2 Å². The number of hydrogen-bond acceptors (Lipinski definition) is 8. The van der Waals surface area contributed by atoms with Crippen molar-refractivity contribution in [2.45, 2.75) is 33.2 Å². The van der Waals surface area contributed by atoms with Gasteiger partial charge in [0.15, 0.2) is 11.5 Å². The molecule has 0 heterocycles. The van der Waals surface area contributed by atoms with Gasteiger partial charge in [-0.1, -0.05) is 0 Å². The first kappa shape index (κ1) is 26.2. The Balaban J connectivity index is 3.10. The molecule has 8 heteroatoms. The molecule has 1 rings (SSSR count). The highest BCUT2D eigenvalue weighted by Gasteiger charge is 2.29. The van der Waals surface area contributed by atoms with E-state index in [1.54, 1.807) is 19.2 Å². The Kier molecular flexibility index (Phi) is 13.1. The van der Waals surface area contributed by atoms with Crippen molar-refractivity contribution in [3.63, 3.8) is 0 Å².